The molecule has 118 valence electrons. The number of nitrogens with zero attached hydrogens (tertiary/aromatic N) is 3. The zero-order chi connectivity index (χ0) is 15.4. The summed E-state index contributed by atoms with van der Waals surface area (Å²) in [6.07, 6.45) is 2.65. The molecule has 1 aliphatic rings. The van der Waals surface area contributed by atoms with Gasteiger partial charge in [-0.15, -0.1) is 11.3 Å². The third-order valence-corrected chi connectivity index (χ3v) is 4.73. The zero-order valence-electron chi connectivity index (χ0n) is 12.3. The molecule has 7 heteroatoms. The molecule has 3 rings (SSSR count). The fraction of sp³-hybridized carbons (Fsp3) is 0.467. The first kappa shape index (κ1) is 15.2. The van der Waals surface area contributed by atoms with Gasteiger partial charge in [-0.05, 0) is 30.3 Å². The Balaban J connectivity index is 1.55. The van der Waals surface area contributed by atoms with Gasteiger partial charge in [0.05, 0.1) is 19.3 Å². The molecule has 0 spiro atoms. The molecule has 22 heavy (non-hydrogen) atoms. The maximum Gasteiger partial charge on any atom is 0.239 e. The SMILES string of the molecule is O=C(CN1CCC(CO)C1)Nc1ccnn1Cc1cccs1. The lowest BCUT2D eigenvalue weighted by Crippen LogP contribution is -2.32. The number of nitrogens with one attached hydrogen (secondary N) is 1. The number of rotatable bonds is 6. The molecular formula is C15H20N4O2S. The first-order valence-corrected chi connectivity index (χ1v) is 8.30. The summed E-state index contributed by atoms with van der Waals surface area (Å²) >= 11 is 1.67. The Kier molecular flexibility index (Phi) is 4.87. The molecule has 0 aliphatic carbocycles. The maximum atomic E-state index is 12.2. The normalized spacial score (nSPS) is 18.7. The van der Waals surface area contributed by atoms with Gasteiger partial charge in [0.1, 0.15) is 5.82 Å². The summed E-state index contributed by atoms with van der Waals surface area (Å²) in [4.78, 5) is 15.4. The van der Waals surface area contributed by atoms with E-state index in [1.54, 1.807) is 22.2 Å². The minimum absolute atomic E-state index is 0.0356. The minimum Gasteiger partial charge on any atom is -0.396 e. The standard InChI is InChI=1S/C15H20N4O2S/c20-11-12-4-6-18(8-12)10-15(21)17-14-3-5-16-19(14)9-13-2-1-7-22-13/h1-3,5,7,12,20H,4,6,8-11H2,(H,17,21). The summed E-state index contributed by atoms with van der Waals surface area (Å²) in [5.74, 6) is 0.986. The number of aliphatic hydroxyl groups is 1. The average Bonchev–Trinajstić information content (AvgIpc) is 3.22. The van der Waals surface area contributed by atoms with E-state index in [4.69, 9.17) is 5.11 Å². The number of carbonyl (C=O) groups is 1. The van der Waals surface area contributed by atoms with Crippen LogP contribution in [0.1, 0.15) is 11.3 Å². The number of hydrogen-bond acceptors (Lipinski definition) is 5. The number of hydrogen-bond donors (Lipinski definition) is 2. The van der Waals surface area contributed by atoms with E-state index in [2.05, 4.69) is 21.4 Å². The summed E-state index contributed by atoms with van der Waals surface area (Å²) in [6.45, 7) is 2.88. The highest BCUT2D eigenvalue weighted by Gasteiger charge is 2.23. The summed E-state index contributed by atoms with van der Waals surface area (Å²) in [6, 6.07) is 5.87. The number of amides is 1. The average molecular weight is 320 g/mol. The molecule has 1 atom stereocenters. The predicted octanol–water partition coefficient (Wildman–Crippen LogP) is 1.25. The molecule has 1 aliphatic heterocycles. The molecule has 0 aromatic carbocycles. The van der Waals surface area contributed by atoms with Crippen molar-refractivity contribution < 1.29 is 9.90 Å². The molecule has 1 saturated heterocycles. The molecule has 2 aromatic rings. The summed E-state index contributed by atoms with van der Waals surface area (Å²) in [5, 5.41) is 18.4. The van der Waals surface area contributed by atoms with Gasteiger partial charge in [-0.2, -0.15) is 5.10 Å². The van der Waals surface area contributed by atoms with E-state index in [0.717, 1.165) is 25.3 Å². The summed E-state index contributed by atoms with van der Waals surface area (Å²) < 4.78 is 1.80. The molecule has 0 saturated carbocycles. The molecule has 2 N–H and O–H groups in total. The van der Waals surface area contributed by atoms with Crippen LogP contribution >= 0.6 is 11.3 Å². The number of aromatic nitrogens is 2. The molecule has 6 nitrogen and oxygen atoms in total. The Morgan fingerprint density at radius 3 is 3.14 bits per heavy atom. The number of aliphatic hydroxyl groups excluding tert-OH is 1. The maximum absolute atomic E-state index is 12.2. The van der Waals surface area contributed by atoms with Crippen molar-refractivity contribution in [2.75, 3.05) is 31.6 Å². The largest absolute Gasteiger partial charge is 0.396 e. The van der Waals surface area contributed by atoms with Gasteiger partial charge >= 0.3 is 0 Å². The molecule has 2 aromatic heterocycles. The van der Waals surface area contributed by atoms with E-state index < -0.39 is 0 Å². The molecule has 1 unspecified atom stereocenters. The van der Waals surface area contributed by atoms with E-state index >= 15 is 0 Å². The third-order valence-electron chi connectivity index (χ3n) is 3.87. The van der Waals surface area contributed by atoms with Crippen LogP contribution in [0.4, 0.5) is 5.82 Å². The smallest absolute Gasteiger partial charge is 0.239 e. The Bertz CT molecular complexity index is 611. The Labute approximate surface area is 133 Å². The van der Waals surface area contributed by atoms with Gasteiger partial charge in [0.2, 0.25) is 5.91 Å². The van der Waals surface area contributed by atoms with E-state index in [9.17, 15) is 4.79 Å². The van der Waals surface area contributed by atoms with Gasteiger partial charge < -0.3 is 10.4 Å². The van der Waals surface area contributed by atoms with Crippen molar-refractivity contribution in [3.05, 3.63) is 34.7 Å². The van der Waals surface area contributed by atoms with E-state index in [0.29, 0.717) is 19.0 Å². The van der Waals surface area contributed by atoms with Crippen molar-refractivity contribution in [1.29, 1.82) is 0 Å². The van der Waals surface area contributed by atoms with Crippen molar-refractivity contribution in [3.63, 3.8) is 0 Å². The van der Waals surface area contributed by atoms with Gasteiger partial charge in [0.15, 0.2) is 0 Å². The number of carbonyl (C=O) groups excluding carboxylic acids is 1. The van der Waals surface area contributed by atoms with Crippen molar-refractivity contribution >= 4 is 23.1 Å². The van der Waals surface area contributed by atoms with Gasteiger partial charge in [-0.1, -0.05) is 6.07 Å². The summed E-state index contributed by atoms with van der Waals surface area (Å²) in [5.41, 5.74) is 0. The minimum atomic E-state index is -0.0356. The van der Waals surface area contributed by atoms with Crippen molar-refractivity contribution in [2.45, 2.75) is 13.0 Å². The lowest BCUT2D eigenvalue weighted by Gasteiger charge is -2.15. The van der Waals surface area contributed by atoms with E-state index in [1.807, 2.05) is 17.5 Å². The van der Waals surface area contributed by atoms with Crippen LogP contribution in [0.2, 0.25) is 0 Å². The van der Waals surface area contributed by atoms with Crippen LogP contribution in [0.25, 0.3) is 0 Å². The molecule has 1 fully saturated rings. The Morgan fingerprint density at radius 1 is 1.50 bits per heavy atom. The lowest BCUT2D eigenvalue weighted by molar-refractivity contribution is -0.117. The fourth-order valence-corrected chi connectivity index (χ4v) is 3.39. The quantitative estimate of drug-likeness (QED) is 0.840. The monoisotopic (exact) mass is 320 g/mol. The van der Waals surface area contributed by atoms with Crippen molar-refractivity contribution in [1.82, 2.24) is 14.7 Å². The number of likely N-dealkylation sites (tertiary alicyclic amines) is 1. The first-order chi connectivity index (χ1) is 10.7. The highest BCUT2D eigenvalue weighted by molar-refractivity contribution is 7.09. The van der Waals surface area contributed by atoms with Crippen LogP contribution in [0, 0.1) is 5.92 Å². The van der Waals surface area contributed by atoms with Crippen LogP contribution in [-0.4, -0.2) is 51.9 Å². The second kappa shape index (κ2) is 7.04. The lowest BCUT2D eigenvalue weighted by atomic mass is 10.1. The summed E-state index contributed by atoms with van der Waals surface area (Å²) in [7, 11) is 0. The highest BCUT2D eigenvalue weighted by atomic mass is 32.1. The van der Waals surface area contributed by atoms with Crippen molar-refractivity contribution in [3.8, 4) is 0 Å². The Morgan fingerprint density at radius 2 is 2.41 bits per heavy atom. The third kappa shape index (κ3) is 3.73. The van der Waals surface area contributed by atoms with E-state index in [-0.39, 0.29) is 12.5 Å². The van der Waals surface area contributed by atoms with Crippen LogP contribution in [-0.2, 0) is 11.3 Å². The topological polar surface area (TPSA) is 70.4 Å². The molecule has 0 radical (unpaired) electrons. The van der Waals surface area contributed by atoms with Crippen LogP contribution in [0.15, 0.2) is 29.8 Å². The molecule has 0 bridgehead atoms. The van der Waals surface area contributed by atoms with Crippen LogP contribution in [0.3, 0.4) is 0 Å². The fourth-order valence-electron chi connectivity index (χ4n) is 2.71. The molecular weight excluding hydrogens is 300 g/mol. The molecule has 3 heterocycles. The Hall–Kier alpha value is -1.70. The zero-order valence-corrected chi connectivity index (χ0v) is 13.1. The van der Waals surface area contributed by atoms with Gasteiger partial charge in [-0.25, -0.2) is 4.68 Å². The second-order valence-electron chi connectivity index (χ2n) is 5.57. The van der Waals surface area contributed by atoms with Crippen LogP contribution < -0.4 is 5.32 Å². The predicted molar refractivity (Wildman–Crippen MR) is 85.9 cm³/mol. The number of thiophene rings is 1. The van der Waals surface area contributed by atoms with Crippen molar-refractivity contribution in [2.24, 2.45) is 5.92 Å². The second-order valence-corrected chi connectivity index (χ2v) is 6.61. The van der Waals surface area contributed by atoms with Gasteiger partial charge in [0, 0.05) is 24.1 Å². The van der Waals surface area contributed by atoms with E-state index in [1.165, 1.54) is 4.88 Å². The van der Waals surface area contributed by atoms with Gasteiger partial charge in [-0.3, -0.25) is 9.69 Å². The highest BCUT2D eigenvalue weighted by Crippen LogP contribution is 2.16. The number of anilines is 1. The van der Waals surface area contributed by atoms with Gasteiger partial charge in [0.25, 0.3) is 0 Å². The molecule has 1 amide bonds. The first-order valence-electron chi connectivity index (χ1n) is 7.42. The van der Waals surface area contributed by atoms with Crippen LogP contribution in [0.5, 0.6) is 0 Å².